The first-order chi connectivity index (χ1) is 12.8. The van der Waals surface area contributed by atoms with E-state index in [1.54, 1.807) is 4.90 Å². The molecule has 7 nitrogen and oxygen atoms in total. The van der Waals surface area contributed by atoms with Gasteiger partial charge in [0.1, 0.15) is 12.1 Å². The van der Waals surface area contributed by atoms with E-state index in [1.165, 1.54) is 0 Å². The normalized spacial score (nSPS) is 21.7. The zero-order valence-corrected chi connectivity index (χ0v) is 16.4. The lowest BCUT2D eigenvalue weighted by Gasteiger charge is -2.36. The van der Waals surface area contributed by atoms with Crippen molar-refractivity contribution >= 4 is 29.1 Å². The van der Waals surface area contributed by atoms with Gasteiger partial charge in [0.25, 0.3) is 5.91 Å². The first kappa shape index (κ1) is 19.2. The second-order valence-electron chi connectivity index (χ2n) is 7.79. The van der Waals surface area contributed by atoms with Crippen LogP contribution in [0.15, 0.2) is 18.2 Å². The van der Waals surface area contributed by atoms with Gasteiger partial charge in [-0.25, -0.2) is 0 Å². The molecular formula is C20H28N4O3. The summed E-state index contributed by atoms with van der Waals surface area (Å²) in [4.78, 5) is 41.5. The van der Waals surface area contributed by atoms with Crippen LogP contribution >= 0.6 is 0 Å². The topological polar surface area (TPSA) is 81.8 Å². The Kier molecular flexibility index (Phi) is 5.39. The quantitative estimate of drug-likeness (QED) is 0.846. The number of piperidine rings is 1. The maximum atomic E-state index is 12.9. The predicted molar refractivity (Wildman–Crippen MR) is 104 cm³/mol. The van der Waals surface area contributed by atoms with Gasteiger partial charge in [-0.15, -0.1) is 0 Å². The van der Waals surface area contributed by atoms with E-state index < -0.39 is 12.1 Å². The second kappa shape index (κ2) is 7.58. The van der Waals surface area contributed by atoms with Crippen molar-refractivity contribution in [2.75, 3.05) is 30.9 Å². The molecule has 7 heteroatoms. The van der Waals surface area contributed by atoms with Crippen LogP contribution in [0.3, 0.4) is 0 Å². The van der Waals surface area contributed by atoms with Crippen molar-refractivity contribution in [1.82, 2.24) is 10.2 Å². The fraction of sp³-hybridized carbons (Fsp3) is 0.550. The molecule has 2 aliphatic rings. The second-order valence-corrected chi connectivity index (χ2v) is 7.79. The van der Waals surface area contributed by atoms with Crippen LogP contribution in [0.1, 0.15) is 44.7 Å². The van der Waals surface area contributed by atoms with E-state index >= 15 is 0 Å². The van der Waals surface area contributed by atoms with Crippen LogP contribution in [0.5, 0.6) is 0 Å². The zero-order valence-electron chi connectivity index (χ0n) is 16.4. The molecule has 2 atom stereocenters. The summed E-state index contributed by atoms with van der Waals surface area (Å²) in [5.74, 6) is -0.666. The smallest absolute Gasteiger partial charge is 0.251 e. The molecule has 3 amide bonds. The number of nitrogens with zero attached hydrogens (tertiary/aromatic N) is 2. The molecule has 0 spiro atoms. The van der Waals surface area contributed by atoms with E-state index in [0.717, 1.165) is 29.8 Å². The Balaban J connectivity index is 1.78. The molecule has 3 rings (SSSR count). The van der Waals surface area contributed by atoms with Gasteiger partial charge in [-0.3, -0.25) is 14.4 Å². The number of amides is 3. The maximum absolute atomic E-state index is 12.9. The van der Waals surface area contributed by atoms with Gasteiger partial charge in [0.05, 0.1) is 0 Å². The van der Waals surface area contributed by atoms with Crippen molar-refractivity contribution in [3.8, 4) is 0 Å². The summed E-state index contributed by atoms with van der Waals surface area (Å²) in [5.41, 5.74) is 2.45. The number of hydrogen-bond donors (Lipinski definition) is 2. The lowest BCUT2D eigenvalue weighted by Crippen LogP contribution is -2.53. The molecule has 0 aromatic heterocycles. The molecule has 1 aromatic carbocycles. The lowest BCUT2D eigenvalue weighted by molar-refractivity contribution is -0.145. The van der Waals surface area contributed by atoms with Crippen molar-refractivity contribution in [3.05, 3.63) is 23.8 Å². The number of rotatable bonds is 4. The highest BCUT2D eigenvalue weighted by molar-refractivity contribution is 6.05. The Morgan fingerprint density at radius 3 is 2.67 bits per heavy atom. The zero-order chi connectivity index (χ0) is 19.7. The molecule has 1 aromatic rings. The highest BCUT2D eigenvalue weighted by Crippen LogP contribution is 2.34. The average Bonchev–Trinajstić information content (AvgIpc) is 2.95. The molecule has 1 fully saturated rings. The minimum absolute atomic E-state index is 0.0123. The predicted octanol–water partition coefficient (Wildman–Crippen LogP) is 1.90. The monoisotopic (exact) mass is 372 g/mol. The summed E-state index contributed by atoms with van der Waals surface area (Å²) in [5, 5.41) is 5.71. The third-order valence-electron chi connectivity index (χ3n) is 5.25. The number of fused-ring (bicyclic) bond motifs is 1. The lowest BCUT2D eigenvalue weighted by atomic mass is 9.98. The van der Waals surface area contributed by atoms with Gasteiger partial charge in [-0.1, -0.05) is 19.9 Å². The minimum atomic E-state index is -0.721. The third kappa shape index (κ3) is 3.77. The van der Waals surface area contributed by atoms with Crippen LogP contribution in [-0.2, 0) is 14.4 Å². The van der Waals surface area contributed by atoms with Crippen LogP contribution < -0.4 is 15.5 Å². The average molecular weight is 372 g/mol. The Morgan fingerprint density at radius 2 is 2.00 bits per heavy atom. The Bertz CT molecular complexity index is 760. The van der Waals surface area contributed by atoms with Gasteiger partial charge in [0.2, 0.25) is 11.8 Å². The number of carbonyl (C=O) groups is 3. The van der Waals surface area contributed by atoms with Crippen LogP contribution in [-0.4, -0.2) is 49.3 Å². The standard InChI is InChI=1S/C20H28N4O3/c1-12(2)20(27)24-10-6-5-7-16(24)18(25)22-17-14-9-8-13(23(3)4)11-15(14)21-19(17)26/h8-9,11-12,16-17H,5-7,10H2,1-4H3,(H,21,26)(H,22,25)/t16-,17+/m1/s1. The molecular weight excluding hydrogens is 344 g/mol. The molecule has 2 aliphatic heterocycles. The molecule has 27 heavy (non-hydrogen) atoms. The van der Waals surface area contributed by atoms with Crippen LogP contribution in [0.4, 0.5) is 11.4 Å². The van der Waals surface area contributed by atoms with Gasteiger partial charge in [0.15, 0.2) is 0 Å². The van der Waals surface area contributed by atoms with Gasteiger partial charge in [-0.05, 0) is 31.4 Å². The molecule has 146 valence electrons. The number of likely N-dealkylation sites (tertiary alicyclic amines) is 1. The molecule has 2 N–H and O–H groups in total. The summed E-state index contributed by atoms with van der Waals surface area (Å²) < 4.78 is 0. The largest absolute Gasteiger partial charge is 0.378 e. The van der Waals surface area contributed by atoms with Crippen LogP contribution in [0, 0.1) is 5.92 Å². The summed E-state index contributed by atoms with van der Waals surface area (Å²) in [7, 11) is 3.86. The highest BCUT2D eigenvalue weighted by Gasteiger charge is 2.37. The number of nitrogens with one attached hydrogen (secondary N) is 2. The molecule has 0 bridgehead atoms. The SMILES string of the molecule is CC(C)C(=O)N1CCCC[C@@H]1C(=O)N[C@@H]1C(=O)Nc2cc(N(C)C)ccc21. The maximum Gasteiger partial charge on any atom is 0.251 e. The van der Waals surface area contributed by atoms with Gasteiger partial charge < -0.3 is 20.4 Å². The minimum Gasteiger partial charge on any atom is -0.378 e. The molecule has 1 saturated heterocycles. The van der Waals surface area contributed by atoms with Gasteiger partial charge in [-0.2, -0.15) is 0 Å². The van der Waals surface area contributed by atoms with Gasteiger partial charge >= 0.3 is 0 Å². The third-order valence-corrected chi connectivity index (χ3v) is 5.25. The first-order valence-corrected chi connectivity index (χ1v) is 9.52. The Hall–Kier alpha value is -2.57. The van der Waals surface area contributed by atoms with E-state index in [4.69, 9.17) is 0 Å². The van der Waals surface area contributed by atoms with Crippen molar-refractivity contribution in [1.29, 1.82) is 0 Å². The molecule has 0 aliphatic carbocycles. The van der Waals surface area contributed by atoms with Crippen LogP contribution in [0.2, 0.25) is 0 Å². The summed E-state index contributed by atoms with van der Waals surface area (Å²) in [6.45, 7) is 4.28. The fourth-order valence-corrected chi connectivity index (χ4v) is 3.71. The van der Waals surface area contributed by atoms with E-state index in [2.05, 4.69) is 10.6 Å². The number of benzene rings is 1. The summed E-state index contributed by atoms with van der Waals surface area (Å²) >= 11 is 0. The van der Waals surface area contributed by atoms with Crippen LogP contribution in [0.25, 0.3) is 0 Å². The molecule has 0 unspecified atom stereocenters. The number of hydrogen-bond acceptors (Lipinski definition) is 4. The van der Waals surface area contributed by atoms with E-state index in [0.29, 0.717) is 13.0 Å². The molecule has 2 heterocycles. The number of carbonyl (C=O) groups excluding carboxylic acids is 3. The number of anilines is 2. The van der Waals surface area contributed by atoms with Crippen molar-refractivity contribution in [3.63, 3.8) is 0 Å². The molecule has 0 saturated carbocycles. The fourth-order valence-electron chi connectivity index (χ4n) is 3.71. The summed E-state index contributed by atoms with van der Waals surface area (Å²) in [6, 6.07) is 4.46. The van der Waals surface area contributed by atoms with E-state index in [-0.39, 0.29) is 23.6 Å². The Morgan fingerprint density at radius 1 is 1.26 bits per heavy atom. The van der Waals surface area contributed by atoms with Crippen molar-refractivity contribution in [2.45, 2.75) is 45.2 Å². The Labute approximate surface area is 160 Å². The van der Waals surface area contributed by atoms with Crippen molar-refractivity contribution in [2.24, 2.45) is 5.92 Å². The molecule has 0 radical (unpaired) electrons. The first-order valence-electron chi connectivity index (χ1n) is 9.52. The highest BCUT2D eigenvalue weighted by atomic mass is 16.2. The summed E-state index contributed by atoms with van der Waals surface area (Å²) in [6.07, 6.45) is 2.44. The van der Waals surface area contributed by atoms with E-state index in [9.17, 15) is 14.4 Å². The van der Waals surface area contributed by atoms with E-state index in [1.807, 2.05) is 51.0 Å². The van der Waals surface area contributed by atoms with Gasteiger partial charge in [0, 0.05) is 43.5 Å². The van der Waals surface area contributed by atoms with Crippen molar-refractivity contribution < 1.29 is 14.4 Å².